The van der Waals surface area contributed by atoms with Crippen molar-refractivity contribution in [2.24, 2.45) is 17.3 Å². The van der Waals surface area contributed by atoms with Gasteiger partial charge in [0.15, 0.2) is 0 Å². The topological polar surface area (TPSA) is 90.2 Å². The van der Waals surface area contributed by atoms with Gasteiger partial charge in [0.1, 0.15) is 30.4 Å². The predicted octanol–water partition coefficient (Wildman–Crippen LogP) is 3.50. The Morgan fingerprint density at radius 1 is 1.24 bits per heavy atom. The van der Waals surface area contributed by atoms with E-state index in [1.54, 1.807) is 13.4 Å². The van der Waals surface area contributed by atoms with Crippen LogP contribution >= 0.6 is 11.6 Å². The summed E-state index contributed by atoms with van der Waals surface area (Å²) in [7, 11) is 1.56. The minimum Gasteiger partial charge on any atom is -0.424 e. The lowest BCUT2D eigenvalue weighted by molar-refractivity contribution is 0.113. The van der Waals surface area contributed by atoms with Crippen molar-refractivity contribution < 1.29 is 13.9 Å². The van der Waals surface area contributed by atoms with Crippen LogP contribution in [0.15, 0.2) is 30.6 Å². The molecule has 0 amide bonds. The van der Waals surface area contributed by atoms with Crippen molar-refractivity contribution in [3.8, 4) is 11.8 Å². The zero-order valence-electron chi connectivity index (χ0n) is 18.2. The largest absolute Gasteiger partial charge is 0.424 e. The van der Waals surface area contributed by atoms with Gasteiger partial charge in [-0.3, -0.25) is 0 Å². The number of ether oxygens (including phenoxy) is 2. The highest BCUT2D eigenvalue weighted by Gasteiger charge is 2.76. The van der Waals surface area contributed by atoms with Gasteiger partial charge in [-0.05, 0) is 36.8 Å². The number of nitrogens with one attached hydrogen (secondary N) is 1. The fourth-order valence-corrected chi connectivity index (χ4v) is 5.75. The first kappa shape index (κ1) is 20.6. The highest BCUT2D eigenvalue weighted by Crippen LogP contribution is 2.74. The number of anilines is 2. The molecular formula is C22H23ClFN7O2. The van der Waals surface area contributed by atoms with Crippen LogP contribution in [0.3, 0.4) is 0 Å². The van der Waals surface area contributed by atoms with Gasteiger partial charge in [0.2, 0.25) is 5.95 Å². The standard InChI is InChI=1S/C22H23ClFN7O2/c1-12-3-18(26-10-25-12)30-8-17-19(16-7-22(16,17)9-30)27-20-28-21(31(29-20)11-32-2)33-15-5-13(23)4-14(24)6-15/h3-6,10,16-17,19H,7-9,11H2,1-2H3,(H,27,29). The van der Waals surface area contributed by atoms with Crippen molar-refractivity contribution in [2.75, 3.05) is 30.4 Å². The molecule has 3 aromatic rings. The molecule has 33 heavy (non-hydrogen) atoms. The van der Waals surface area contributed by atoms with Crippen LogP contribution in [0.25, 0.3) is 0 Å². The van der Waals surface area contributed by atoms with Crippen molar-refractivity contribution in [1.29, 1.82) is 0 Å². The van der Waals surface area contributed by atoms with Crippen LogP contribution in [0.1, 0.15) is 12.1 Å². The van der Waals surface area contributed by atoms with Crippen molar-refractivity contribution in [1.82, 2.24) is 24.7 Å². The lowest BCUT2D eigenvalue weighted by atomic mass is 9.71. The average molecular weight is 472 g/mol. The van der Waals surface area contributed by atoms with Crippen LogP contribution in [-0.4, -0.2) is 51.0 Å². The van der Waals surface area contributed by atoms with E-state index in [1.807, 2.05) is 13.0 Å². The molecule has 2 saturated carbocycles. The van der Waals surface area contributed by atoms with Gasteiger partial charge >= 0.3 is 6.01 Å². The summed E-state index contributed by atoms with van der Waals surface area (Å²) < 4.78 is 26.2. The van der Waals surface area contributed by atoms with Crippen LogP contribution in [0.2, 0.25) is 5.02 Å². The minimum absolute atomic E-state index is 0.148. The molecule has 4 unspecified atom stereocenters. The average Bonchev–Trinajstić information content (AvgIpc) is 3.03. The van der Waals surface area contributed by atoms with Crippen LogP contribution in [-0.2, 0) is 11.5 Å². The summed E-state index contributed by atoms with van der Waals surface area (Å²) in [5, 5.41) is 8.25. The lowest BCUT2D eigenvalue weighted by Crippen LogP contribution is -2.47. The Morgan fingerprint density at radius 3 is 2.91 bits per heavy atom. The molecule has 3 fully saturated rings. The fourth-order valence-electron chi connectivity index (χ4n) is 5.53. The van der Waals surface area contributed by atoms with E-state index in [-0.39, 0.29) is 29.6 Å². The monoisotopic (exact) mass is 471 g/mol. The predicted molar refractivity (Wildman–Crippen MR) is 119 cm³/mol. The quantitative estimate of drug-likeness (QED) is 0.560. The first-order valence-corrected chi connectivity index (χ1v) is 11.2. The molecule has 2 aliphatic carbocycles. The molecule has 6 rings (SSSR count). The van der Waals surface area contributed by atoms with Gasteiger partial charge in [0.05, 0.1) is 0 Å². The molecule has 0 radical (unpaired) electrons. The third-order valence-corrected chi connectivity index (χ3v) is 7.25. The molecule has 3 heterocycles. The summed E-state index contributed by atoms with van der Waals surface area (Å²) >= 11 is 5.94. The van der Waals surface area contributed by atoms with E-state index in [1.165, 1.54) is 29.3 Å². The van der Waals surface area contributed by atoms with E-state index in [0.29, 0.717) is 23.2 Å². The second-order valence-corrected chi connectivity index (χ2v) is 9.50. The SMILES string of the molecule is COCn1nc(NC2C3CN(c4cc(C)ncn4)CC34CC24)nc1Oc1cc(F)cc(Cl)c1. The van der Waals surface area contributed by atoms with E-state index in [2.05, 4.69) is 30.3 Å². The van der Waals surface area contributed by atoms with E-state index in [9.17, 15) is 4.39 Å². The number of aromatic nitrogens is 5. The molecule has 1 aromatic carbocycles. The van der Waals surface area contributed by atoms with Gasteiger partial charge in [-0.25, -0.2) is 14.4 Å². The maximum Gasteiger partial charge on any atom is 0.324 e. The van der Waals surface area contributed by atoms with Crippen LogP contribution in [0.5, 0.6) is 11.8 Å². The molecule has 11 heteroatoms. The Hall–Kier alpha value is -2.98. The van der Waals surface area contributed by atoms with Crippen molar-refractivity contribution in [3.05, 3.63) is 47.1 Å². The maximum absolute atomic E-state index is 13.7. The smallest absolute Gasteiger partial charge is 0.324 e. The summed E-state index contributed by atoms with van der Waals surface area (Å²) in [4.78, 5) is 15.5. The second-order valence-electron chi connectivity index (χ2n) is 9.06. The molecular weight excluding hydrogens is 449 g/mol. The van der Waals surface area contributed by atoms with Gasteiger partial charge in [-0.2, -0.15) is 9.67 Å². The number of benzene rings is 1. The molecule has 1 saturated heterocycles. The van der Waals surface area contributed by atoms with Crippen LogP contribution in [0.4, 0.5) is 16.2 Å². The maximum atomic E-state index is 13.7. The summed E-state index contributed by atoms with van der Waals surface area (Å²) in [6.45, 7) is 4.10. The molecule has 0 bridgehead atoms. The summed E-state index contributed by atoms with van der Waals surface area (Å²) in [5.74, 6) is 2.30. The third kappa shape index (κ3) is 3.48. The van der Waals surface area contributed by atoms with E-state index in [4.69, 9.17) is 21.1 Å². The number of hydrogen-bond acceptors (Lipinski definition) is 8. The molecule has 3 aliphatic rings. The number of nitrogens with zero attached hydrogens (tertiary/aromatic N) is 6. The fraction of sp³-hybridized carbons (Fsp3) is 0.455. The number of hydrogen-bond donors (Lipinski definition) is 1. The molecule has 9 nitrogen and oxygen atoms in total. The van der Waals surface area contributed by atoms with E-state index >= 15 is 0 Å². The van der Waals surface area contributed by atoms with Gasteiger partial charge in [0.25, 0.3) is 0 Å². The van der Waals surface area contributed by atoms with Crippen molar-refractivity contribution >= 4 is 23.4 Å². The highest BCUT2D eigenvalue weighted by atomic mass is 35.5. The Balaban J connectivity index is 1.18. The molecule has 1 N–H and O–H groups in total. The first-order chi connectivity index (χ1) is 15.9. The molecule has 2 aromatic heterocycles. The van der Waals surface area contributed by atoms with E-state index in [0.717, 1.165) is 24.6 Å². The lowest BCUT2D eigenvalue weighted by Gasteiger charge is -2.38. The Morgan fingerprint density at radius 2 is 2.12 bits per heavy atom. The Kier molecular flexibility index (Phi) is 4.70. The molecule has 4 atom stereocenters. The number of methoxy groups -OCH3 is 1. The molecule has 1 aliphatic heterocycles. The van der Waals surface area contributed by atoms with E-state index < -0.39 is 5.82 Å². The van der Waals surface area contributed by atoms with Crippen molar-refractivity contribution in [3.63, 3.8) is 0 Å². The number of aryl methyl sites for hydroxylation is 1. The Labute approximate surface area is 194 Å². The van der Waals surface area contributed by atoms with Gasteiger partial charge < -0.3 is 19.7 Å². The molecule has 172 valence electrons. The molecule has 1 spiro atoms. The zero-order valence-corrected chi connectivity index (χ0v) is 19.0. The summed E-state index contributed by atoms with van der Waals surface area (Å²) in [6.07, 6.45) is 2.82. The van der Waals surface area contributed by atoms with Gasteiger partial charge in [-0.1, -0.05) is 11.6 Å². The van der Waals surface area contributed by atoms with Crippen LogP contribution < -0.4 is 15.0 Å². The van der Waals surface area contributed by atoms with Crippen LogP contribution in [0, 0.1) is 30.0 Å². The van der Waals surface area contributed by atoms with Gasteiger partial charge in [0, 0.05) is 55.0 Å². The number of halogens is 2. The number of rotatable bonds is 7. The Bertz CT molecular complexity index is 1200. The first-order valence-electron chi connectivity index (χ1n) is 10.8. The minimum atomic E-state index is -0.488. The van der Waals surface area contributed by atoms with Crippen molar-refractivity contribution in [2.45, 2.75) is 26.1 Å². The zero-order chi connectivity index (χ0) is 22.7. The second kappa shape index (κ2) is 7.53. The summed E-state index contributed by atoms with van der Waals surface area (Å²) in [6, 6.07) is 6.51. The van der Waals surface area contributed by atoms with Gasteiger partial charge in [-0.15, -0.1) is 5.10 Å². The normalized spacial score (nSPS) is 27.0. The highest BCUT2D eigenvalue weighted by molar-refractivity contribution is 6.30. The summed E-state index contributed by atoms with van der Waals surface area (Å²) in [5.41, 5.74) is 1.34. The third-order valence-electron chi connectivity index (χ3n) is 7.03.